The fraction of sp³-hybridized carbons (Fsp3) is 0.778. The van der Waals surface area contributed by atoms with Gasteiger partial charge in [0, 0.05) is 24.3 Å². The number of nitrogens with zero attached hydrogens (tertiary/aromatic N) is 3. The number of hydrogen-bond acceptors (Lipinski definition) is 2. The third kappa shape index (κ3) is 6.24. The molecule has 5 nitrogen and oxygen atoms in total. The molecule has 5 heteroatoms. The second kappa shape index (κ2) is 9.58. The first-order chi connectivity index (χ1) is 10.9. The fourth-order valence-corrected chi connectivity index (χ4v) is 2.94. The van der Waals surface area contributed by atoms with Crippen LogP contribution < -0.4 is 11.1 Å². The second-order valence-corrected chi connectivity index (χ2v) is 6.77. The van der Waals surface area contributed by atoms with E-state index in [9.17, 15) is 0 Å². The van der Waals surface area contributed by atoms with Crippen LogP contribution in [-0.4, -0.2) is 21.8 Å². The van der Waals surface area contributed by atoms with Gasteiger partial charge in [0.1, 0.15) is 0 Å². The molecule has 0 spiro atoms. The predicted molar refractivity (Wildman–Crippen MR) is 98.6 cm³/mol. The second-order valence-electron chi connectivity index (χ2n) is 6.77. The Morgan fingerprint density at radius 3 is 2.48 bits per heavy atom. The van der Waals surface area contributed by atoms with Crippen LogP contribution in [0.3, 0.4) is 0 Å². The van der Waals surface area contributed by atoms with E-state index >= 15 is 0 Å². The van der Waals surface area contributed by atoms with E-state index in [0.717, 1.165) is 30.9 Å². The molecule has 0 saturated carbocycles. The van der Waals surface area contributed by atoms with E-state index < -0.39 is 0 Å². The van der Waals surface area contributed by atoms with Crippen LogP contribution in [0.1, 0.15) is 70.8 Å². The zero-order valence-electron chi connectivity index (χ0n) is 15.8. The molecule has 0 amide bonds. The lowest BCUT2D eigenvalue weighted by Crippen LogP contribution is -2.38. The smallest absolute Gasteiger partial charge is 0.189 e. The van der Waals surface area contributed by atoms with E-state index in [0.29, 0.717) is 18.5 Å². The Labute approximate surface area is 141 Å². The van der Waals surface area contributed by atoms with E-state index in [2.05, 4.69) is 50.0 Å². The summed E-state index contributed by atoms with van der Waals surface area (Å²) < 4.78 is 1.97. The van der Waals surface area contributed by atoms with E-state index in [1.165, 1.54) is 24.1 Å². The lowest BCUT2D eigenvalue weighted by Gasteiger charge is -2.15. The molecule has 1 rings (SSSR count). The SMILES string of the molecule is CCc1nn(C)c(CC)c1CN=C(N)NC(C)CCCC(C)C. The number of hydrogen-bond donors (Lipinski definition) is 2. The highest BCUT2D eigenvalue weighted by molar-refractivity contribution is 5.78. The average molecular weight is 322 g/mol. The van der Waals surface area contributed by atoms with Crippen molar-refractivity contribution in [2.45, 2.75) is 79.3 Å². The lowest BCUT2D eigenvalue weighted by atomic mass is 10.0. The number of rotatable bonds is 9. The minimum atomic E-state index is 0.364. The molecule has 1 atom stereocenters. The van der Waals surface area contributed by atoms with Gasteiger partial charge in [0.15, 0.2) is 5.96 Å². The number of aryl methyl sites for hydroxylation is 2. The van der Waals surface area contributed by atoms with E-state index in [1.807, 2.05) is 11.7 Å². The zero-order valence-corrected chi connectivity index (χ0v) is 15.8. The maximum Gasteiger partial charge on any atom is 0.189 e. The van der Waals surface area contributed by atoms with Crippen molar-refractivity contribution in [2.75, 3.05) is 0 Å². The first kappa shape index (κ1) is 19.5. The summed E-state index contributed by atoms with van der Waals surface area (Å²) in [5.41, 5.74) is 9.67. The Morgan fingerprint density at radius 2 is 1.91 bits per heavy atom. The molecule has 0 fully saturated rings. The number of aliphatic imine (C=N–C) groups is 1. The van der Waals surface area contributed by atoms with Gasteiger partial charge in [-0.2, -0.15) is 5.10 Å². The highest BCUT2D eigenvalue weighted by Crippen LogP contribution is 2.16. The summed E-state index contributed by atoms with van der Waals surface area (Å²) in [4.78, 5) is 4.54. The van der Waals surface area contributed by atoms with Crippen molar-refractivity contribution in [3.63, 3.8) is 0 Å². The summed E-state index contributed by atoms with van der Waals surface area (Å²) in [6.07, 6.45) is 5.51. The van der Waals surface area contributed by atoms with Crippen molar-refractivity contribution in [3.8, 4) is 0 Å². The Balaban J connectivity index is 2.59. The highest BCUT2D eigenvalue weighted by Gasteiger charge is 2.13. The molecule has 1 aromatic heterocycles. The summed E-state index contributed by atoms with van der Waals surface area (Å²) in [6.45, 7) is 11.6. The van der Waals surface area contributed by atoms with E-state index in [1.54, 1.807) is 0 Å². The molecule has 0 aliphatic carbocycles. The van der Waals surface area contributed by atoms with Crippen LogP contribution in [0.5, 0.6) is 0 Å². The summed E-state index contributed by atoms with van der Waals surface area (Å²) >= 11 is 0. The maximum atomic E-state index is 6.06. The van der Waals surface area contributed by atoms with Gasteiger partial charge < -0.3 is 11.1 Å². The van der Waals surface area contributed by atoms with Gasteiger partial charge in [-0.25, -0.2) is 4.99 Å². The molecule has 3 N–H and O–H groups in total. The predicted octanol–water partition coefficient (Wildman–Crippen LogP) is 3.16. The topological polar surface area (TPSA) is 68.2 Å². The van der Waals surface area contributed by atoms with Crippen molar-refractivity contribution in [2.24, 2.45) is 23.7 Å². The Kier molecular flexibility index (Phi) is 8.13. The summed E-state index contributed by atoms with van der Waals surface area (Å²) in [5.74, 6) is 1.30. The van der Waals surface area contributed by atoms with Crippen LogP contribution in [0.2, 0.25) is 0 Å². The van der Waals surface area contributed by atoms with Crippen LogP contribution in [0.4, 0.5) is 0 Å². The van der Waals surface area contributed by atoms with Crippen LogP contribution in [-0.2, 0) is 26.4 Å². The van der Waals surface area contributed by atoms with Gasteiger partial charge in [0.2, 0.25) is 0 Å². The lowest BCUT2D eigenvalue weighted by molar-refractivity contribution is 0.493. The molecule has 132 valence electrons. The quantitative estimate of drug-likeness (QED) is 0.542. The standard InChI is InChI=1S/C18H35N5/c1-7-16-15(17(8-2)23(6)22-16)12-20-18(19)21-14(5)11-9-10-13(3)4/h13-14H,7-12H2,1-6H3,(H3,19,20,21). The summed E-state index contributed by atoms with van der Waals surface area (Å²) in [6, 6.07) is 0.364. The largest absolute Gasteiger partial charge is 0.370 e. The van der Waals surface area contributed by atoms with Gasteiger partial charge in [-0.15, -0.1) is 0 Å². The zero-order chi connectivity index (χ0) is 17.4. The van der Waals surface area contributed by atoms with Gasteiger partial charge in [-0.05, 0) is 32.1 Å². The summed E-state index contributed by atoms with van der Waals surface area (Å²) in [7, 11) is 2.00. The van der Waals surface area contributed by atoms with Crippen molar-refractivity contribution >= 4 is 5.96 Å². The number of nitrogens with two attached hydrogens (primary N) is 1. The molecule has 1 unspecified atom stereocenters. The van der Waals surface area contributed by atoms with Crippen molar-refractivity contribution in [3.05, 3.63) is 17.0 Å². The van der Waals surface area contributed by atoms with Crippen LogP contribution >= 0.6 is 0 Å². The van der Waals surface area contributed by atoms with Gasteiger partial charge >= 0.3 is 0 Å². The van der Waals surface area contributed by atoms with E-state index in [4.69, 9.17) is 5.73 Å². The average Bonchev–Trinajstić information content (AvgIpc) is 2.79. The molecular formula is C18H35N5. The minimum Gasteiger partial charge on any atom is -0.370 e. The fourth-order valence-electron chi connectivity index (χ4n) is 2.94. The maximum absolute atomic E-state index is 6.06. The Bertz CT molecular complexity index is 502. The first-order valence-electron chi connectivity index (χ1n) is 8.99. The van der Waals surface area contributed by atoms with Crippen LogP contribution in [0.25, 0.3) is 0 Å². The normalized spacial score (nSPS) is 13.6. The molecule has 0 aliphatic rings. The molecule has 0 bridgehead atoms. The minimum absolute atomic E-state index is 0.364. The Morgan fingerprint density at radius 1 is 1.22 bits per heavy atom. The number of nitrogens with one attached hydrogen (secondary N) is 1. The third-order valence-electron chi connectivity index (χ3n) is 4.25. The van der Waals surface area contributed by atoms with Gasteiger partial charge in [0.25, 0.3) is 0 Å². The monoisotopic (exact) mass is 321 g/mol. The van der Waals surface area contributed by atoms with Crippen molar-refractivity contribution < 1.29 is 0 Å². The van der Waals surface area contributed by atoms with Gasteiger partial charge in [0.05, 0.1) is 12.2 Å². The molecule has 0 saturated heterocycles. The van der Waals surface area contributed by atoms with Crippen LogP contribution in [0.15, 0.2) is 4.99 Å². The molecular weight excluding hydrogens is 286 g/mol. The van der Waals surface area contributed by atoms with Crippen LogP contribution in [0, 0.1) is 5.92 Å². The summed E-state index contributed by atoms with van der Waals surface area (Å²) in [5, 5.41) is 7.89. The van der Waals surface area contributed by atoms with E-state index in [-0.39, 0.29) is 0 Å². The number of guanidine groups is 1. The molecule has 23 heavy (non-hydrogen) atoms. The molecule has 1 heterocycles. The van der Waals surface area contributed by atoms with Gasteiger partial charge in [-0.3, -0.25) is 4.68 Å². The van der Waals surface area contributed by atoms with Crippen molar-refractivity contribution in [1.29, 1.82) is 0 Å². The first-order valence-corrected chi connectivity index (χ1v) is 8.99. The highest BCUT2D eigenvalue weighted by atomic mass is 15.3. The Hall–Kier alpha value is -1.52. The third-order valence-corrected chi connectivity index (χ3v) is 4.25. The van der Waals surface area contributed by atoms with Crippen molar-refractivity contribution in [1.82, 2.24) is 15.1 Å². The molecule has 1 aromatic rings. The molecule has 0 aromatic carbocycles. The molecule has 0 radical (unpaired) electrons. The number of aromatic nitrogens is 2. The molecule has 0 aliphatic heterocycles. The van der Waals surface area contributed by atoms with Gasteiger partial charge in [-0.1, -0.05) is 40.5 Å².